The number of hydrogen-bond acceptors (Lipinski definition) is 2. The van der Waals surface area contributed by atoms with Gasteiger partial charge in [0.15, 0.2) is 5.60 Å². The topological polar surface area (TPSA) is 65.1 Å². The van der Waals surface area contributed by atoms with Crippen molar-refractivity contribution in [2.75, 3.05) is 5.32 Å². The first-order chi connectivity index (χ1) is 9.71. The van der Waals surface area contributed by atoms with Gasteiger partial charge in [0, 0.05) is 33.9 Å². The van der Waals surface area contributed by atoms with Crippen molar-refractivity contribution in [1.29, 1.82) is 0 Å². The molecule has 4 rings (SSSR count). The summed E-state index contributed by atoms with van der Waals surface area (Å²) in [5, 5.41) is 14.6. The van der Waals surface area contributed by atoms with E-state index >= 15 is 0 Å². The quantitative estimate of drug-likeness (QED) is 0.631. The molecule has 1 aromatic heterocycles. The highest BCUT2D eigenvalue weighted by atomic mass is 16.3. The lowest BCUT2D eigenvalue weighted by molar-refractivity contribution is -0.129. The molecule has 2 heterocycles. The molecule has 98 valence electrons. The number of hydrogen-bond donors (Lipinski definition) is 3. The highest BCUT2D eigenvalue weighted by Gasteiger charge is 2.47. The van der Waals surface area contributed by atoms with Crippen LogP contribution in [0, 0.1) is 0 Å². The molecule has 0 radical (unpaired) electrons. The maximum absolute atomic E-state index is 12.3. The average molecular weight is 264 g/mol. The molecule has 0 spiro atoms. The van der Waals surface area contributed by atoms with Crippen molar-refractivity contribution in [3.8, 4) is 0 Å². The van der Waals surface area contributed by atoms with Crippen molar-refractivity contribution in [1.82, 2.24) is 4.98 Å². The standard InChI is InChI=1S/C16H12N2O2/c19-15-16(20,11-6-2-4-8-14(11)18-15)12-9-17-13-7-3-1-5-10(12)13/h1-9,17,20H,(H,18,19). The molecule has 1 unspecified atom stereocenters. The zero-order valence-electron chi connectivity index (χ0n) is 10.6. The zero-order chi connectivity index (χ0) is 13.7. The second kappa shape index (κ2) is 3.71. The molecule has 1 aliphatic heterocycles. The van der Waals surface area contributed by atoms with Crippen molar-refractivity contribution < 1.29 is 9.90 Å². The van der Waals surface area contributed by atoms with Gasteiger partial charge in [0.05, 0.1) is 0 Å². The molecule has 1 amide bonds. The zero-order valence-corrected chi connectivity index (χ0v) is 10.6. The third kappa shape index (κ3) is 1.26. The van der Waals surface area contributed by atoms with Gasteiger partial charge in [0.25, 0.3) is 5.91 Å². The van der Waals surface area contributed by atoms with Gasteiger partial charge in [-0.25, -0.2) is 0 Å². The Balaban J connectivity index is 2.04. The number of aromatic amines is 1. The van der Waals surface area contributed by atoms with Crippen molar-refractivity contribution in [3.05, 3.63) is 65.9 Å². The van der Waals surface area contributed by atoms with Crippen LogP contribution in [0.2, 0.25) is 0 Å². The molecule has 4 nitrogen and oxygen atoms in total. The van der Waals surface area contributed by atoms with Gasteiger partial charge in [-0.2, -0.15) is 0 Å². The predicted molar refractivity (Wildman–Crippen MR) is 76.4 cm³/mol. The summed E-state index contributed by atoms with van der Waals surface area (Å²) in [5.74, 6) is -0.413. The van der Waals surface area contributed by atoms with Crippen LogP contribution in [-0.4, -0.2) is 16.0 Å². The molecule has 1 aliphatic rings. The monoisotopic (exact) mass is 264 g/mol. The molecule has 4 heteroatoms. The maximum Gasteiger partial charge on any atom is 0.265 e. The second-order valence-corrected chi connectivity index (χ2v) is 4.96. The van der Waals surface area contributed by atoms with Gasteiger partial charge in [0.1, 0.15) is 0 Å². The van der Waals surface area contributed by atoms with E-state index in [9.17, 15) is 9.90 Å². The fraction of sp³-hybridized carbons (Fsp3) is 0.0625. The van der Waals surface area contributed by atoms with E-state index < -0.39 is 11.5 Å². The lowest BCUT2D eigenvalue weighted by Crippen LogP contribution is -2.35. The number of aliphatic hydroxyl groups is 1. The Morgan fingerprint density at radius 1 is 0.950 bits per heavy atom. The molecule has 1 atom stereocenters. The molecule has 0 saturated heterocycles. The molecule has 3 aromatic rings. The molecule has 3 N–H and O–H groups in total. The molecule has 2 aromatic carbocycles. The highest BCUT2D eigenvalue weighted by Crippen LogP contribution is 2.42. The van der Waals surface area contributed by atoms with Crippen LogP contribution in [0.1, 0.15) is 11.1 Å². The first kappa shape index (κ1) is 11.3. The number of anilines is 1. The normalized spacial score (nSPS) is 20.9. The number of benzene rings is 2. The van der Waals surface area contributed by atoms with Crippen molar-refractivity contribution >= 4 is 22.5 Å². The van der Waals surface area contributed by atoms with E-state index in [4.69, 9.17) is 0 Å². The number of carbonyl (C=O) groups is 1. The molecule has 0 fully saturated rings. The first-order valence-electron chi connectivity index (χ1n) is 6.41. The third-order valence-corrected chi connectivity index (χ3v) is 3.87. The third-order valence-electron chi connectivity index (χ3n) is 3.87. The van der Waals surface area contributed by atoms with Gasteiger partial charge in [-0.15, -0.1) is 0 Å². The summed E-state index contributed by atoms with van der Waals surface area (Å²) in [7, 11) is 0. The van der Waals surface area contributed by atoms with E-state index in [-0.39, 0.29) is 0 Å². The van der Waals surface area contributed by atoms with Crippen LogP contribution in [0.4, 0.5) is 5.69 Å². The fourth-order valence-electron chi connectivity index (χ4n) is 2.88. The Hall–Kier alpha value is -2.59. The summed E-state index contributed by atoms with van der Waals surface area (Å²) in [6.07, 6.45) is 1.70. The maximum atomic E-state index is 12.3. The molecular weight excluding hydrogens is 252 g/mol. The molecule has 0 saturated carbocycles. The van der Waals surface area contributed by atoms with Crippen LogP contribution in [0.15, 0.2) is 54.7 Å². The van der Waals surface area contributed by atoms with Crippen LogP contribution in [0.3, 0.4) is 0 Å². The Morgan fingerprint density at radius 3 is 2.60 bits per heavy atom. The molecule has 0 bridgehead atoms. The molecule has 20 heavy (non-hydrogen) atoms. The Bertz CT molecular complexity index is 837. The Labute approximate surface area is 115 Å². The highest BCUT2D eigenvalue weighted by molar-refractivity contribution is 6.09. The number of aromatic nitrogens is 1. The van der Waals surface area contributed by atoms with Crippen LogP contribution < -0.4 is 5.32 Å². The van der Waals surface area contributed by atoms with E-state index in [2.05, 4.69) is 10.3 Å². The van der Waals surface area contributed by atoms with Crippen molar-refractivity contribution in [2.24, 2.45) is 0 Å². The number of carbonyl (C=O) groups excluding carboxylic acids is 1. The van der Waals surface area contributed by atoms with Crippen molar-refractivity contribution in [2.45, 2.75) is 5.60 Å². The number of fused-ring (bicyclic) bond motifs is 2. The summed E-state index contributed by atoms with van der Waals surface area (Å²) in [6, 6.07) is 14.8. The van der Waals surface area contributed by atoms with E-state index in [1.165, 1.54) is 0 Å². The number of H-pyrrole nitrogens is 1. The number of amides is 1. The summed E-state index contributed by atoms with van der Waals surface area (Å²) >= 11 is 0. The number of rotatable bonds is 1. The minimum absolute atomic E-state index is 0.413. The van der Waals surface area contributed by atoms with Gasteiger partial charge in [-0.3, -0.25) is 4.79 Å². The number of nitrogens with one attached hydrogen (secondary N) is 2. The van der Waals surface area contributed by atoms with Crippen LogP contribution in [-0.2, 0) is 10.4 Å². The lowest BCUT2D eigenvalue weighted by Gasteiger charge is -2.20. The number of para-hydroxylation sites is 2. The van der Waals surface area contributed by atoms with E-state index in [0.717, 1.165) is 10.9 Å². The van der Waals surface area contributed by atoms with Gasteiger partial charge in [0.2, 0.25) is 0 Å². The van der Waals surface area contributed by atoms with Crippen LogP contribution >= 0.6 is 0 Å². The minimum Gasteiger partial charge on any atom is -0.372 e. The smallest absolute Gasteiger partial charge is 0.265 e. The first-order valence-corrected chi connectivity index (χ1v) is 6.41. The van der Waals surface area contributed by atoms with Crippen molar-refractivity contribution in [3.63, 3.8) is 0 Å². The van der Waals surface area contributed by atoms with Gasteiger partial charge >= 0.3 is 0 Å². The van der Waals surface area contributed by atoms with E-state index in [0.29, 0.717) is 16.8 Å². The summed E-state index contributed by atoms with van der Waals surface area (Å²) in [4.78, 5) is 15.4. The average Bonchev–Trinajstić information content (AvgIpc) is 3.01. The van der Waals surface area contributed by atoms with E-state index in [1.54, 1.807) is 18.3 Å². The van der Waals surface area contributed by atoms with Gasteiger partial charge in [-0.05, 0) is 12.1 Å². The molecular formula is C16H12N2O2. The fourth-order valence-corrected chi connectivity index (χ4v) is 2.88. The molecule has 0 aliphatic carbocycles. The second-order valence-electron chi connectivity index (χ2n) is 4.96. The Kier molecular flexibility index (Phi) is 2.09. The Morgan fingerprint density at radius 2 is 1.70 bits per heavy atom. The van der Waals surface area contributed by atoms with E-state index in [1.807, 2.05) is 36.4 Å². The minimum atomic E-state index is -1.64. The predicted octanol–water partition coefficient (Wildman–Crippen LogP) is 2.36. The SMILES string of the molecule is O=C1Nc2ccccc2C1(O)c1c[nH]c2ccccc12. The van der Waals surface area contributed by atoms with Crippen LogP contribution in [0.5, 0.6) is 0 Å². The summed E-state index contributed by atoms with van der Waals surface area (Å²) in [6.45, 7) is 0. The van der Waals surface area contributed by atoms with Gasteiger partial charge < -0.3 is 15.4 Å². The van der Waals surface area contributed by atoms with Gasteiger partial charge in [-0.1, -0.05) is 36.4 Å². The summed E-state index contributed by atoms with van der Waals surface area (Å²) in [5.41, 5.74) is 1.08. The van der Waals surface area contributed by atoms with Crippen LogP contribution in [0.25, 0.3) is 10.9 Å². The summed E-state index contributed by atoms with van der Waals surface area (Å²) < 4.78 is 0. The lowest BCUT2D eigenvalue weighted by atomic mass is 9.87. The largest absolute Gasteiger partial charge is 0.372 e.